The second kappa shape index (κ2) is 15.1. The highest BCUT2D eigenvalue weighted by Crippen LogP contribution is 2.42. The molecule has 282 valence electrons. The molecule has 2 nitrogen and oxygen atoms in total. The molecule has 11 aromatic rings. The molecule has 0 radical (unpaired) electrons. The first kappa shape index (κ1) is 35.2. The molecule has 0 N–H and O–H groups in total. The van der Waals surface area contributed by atoms with E-state index in [1.54, 1.807) is 0 Å². The molecule has 0 fully saturated rings. The minimum absolute atomic E-state index is 0.908. The molecule has 0 saturated carbocycles. The lowest BCUT2D eigenvalue weighted by Crippen LogP contribution is -2.09. The second-order valence-electron chi connectivity index (χ2n) is 15.3. The zero-order valence-electron chi connectivity index (χ0n) is 32.9. The summed E-state index contributed by atoms with van der Waals surface area (Å²) in [5.74, 6) is 0. The first-order chi connectivity index (χ1) is 29.7. The van der Waals surface area contributed by atoms with E-state index in [1.165, 1.54) is 44.2 Å². The summed E-state index contributed by atoms with van der Waals surface area (Å²) in [6, 6.07) is 84.5. The predicted molar refractivity (Wildman–Crippen MR) is 253 cm³/mol. The summed E-state index contributed by atoms with van der Waals surface area (Å²) in [6.45, 7) is 0. The summed E-state index contributed by atoms with van der Waals surface area (Å²) in [7, 11) is 0. The molecule has 1 heterocycles. The Morgan fingerprint density at radius 1 is 0.250 bits per heavy atom. The van der Waals surface area contributed by atoms with Crippen LogP contribution < -0.4 is 4.90 Å². The summed E-state index contributed by atoms with van der Waals surface area (Å²) < 4.78 is 6.87. The molecular formula is C58H39NO. The summed E-state index contributed by atoms with van der Waals surface area (Å²) in [5, 5.41) is 4.69. The van der Waals surface area contributed by atoms with Crippen molar-refractivity contribution >= 4 is 49.8 Å². The van der Waals surface area contributed by atoms with Crippen molar-refractivity contribution in [1.82, 2.24) is 0 Å². The van der Waals surface area contributed by atoms with E-state index in [1.807, 2.05) is 0 Å². The van der Waals surface area contributed by atoms with Gasteiger partial charge in [0.2, 0.25) is 0 Å². The van der Waals surface area contributed by atoms with Crippen LogP contribution in [0.5, 0.6) is 0 Å². The van der Waals surface area contributed by atoms with E-state index in [2.05, 4.69) is 241 Å². The first-order valence-corrected chi connectivity index (χ1v) is 20.5. The third-order valence-corrected chi connectivity index (χ3v) is 11.7. The number of hydrogen-bond donors (Lipinski definition) is 0. The average molecular weight is 766 g/mol. The molecule has 0 bridgehead atoms. The molecule has 0 spiro atoms. The van der Waals surface area contributed by atoms with Gasteiger partial charge in [-0.05, 0) is 97.7 Å². The fourth-order valence-corrected chi connectivity index (χ4v) is 8.70. The zero-order valence-corrected chi connectivity index (χ0v) is 32.9. The number of nitrogens with zero attached hydrogens (tertiary/aromatic N) is 1. The lowest BCUT2D eigenvalue weighted by molar-refractivity contribution is 0.671. The molecule has 0 atom stereocenters. The number of hydrogen-bond acceptors (Lipinski definition) is 2. The molecule has 11 rings (SSSR count). The quantitative estimate of drug-likeness (QED) is 0.153. The van der Waals surface area contributed by atoms with Crippen LogP contribution >= 0.6 is 0 Å². The third-order valence-electron chi connectivity index (χ3n) is 11.7. The minimum Gasteiger partial charge on any atom is -0.455 e. The molecule has 0 aliphatic carbocycles. The maximum absolute atomic E-state index is 6.87. The van der Waals surface area contributed by atoms with Crippen molar-refractivity contribution < 1.29 is 4.42 Å². The van der Waals surface area contributed by atoms with Gasteiger partial charge in [-0.3, -0.25) is 0 Å². The van der Waals surface area contributed by atoms with E-state index in [9.17, 15) is 0 Å². The summed E-state index contributed by atoms with van der Waals surface area (Å²) in [4.78, 5) is 2.31. The van der Waals surface area contributed by atoms with Crippen LogP contribution in [0.1, 0.15) is 0 Å². The minimum atomic E-state index is 0.908. The van der Waals surface area contributed by atoms with E-state index in [-0.39, 0.29) is 0 Å². The normalized spacial score (nSPS) is 11.3. The van der Waals surface area contributed by atoms with Crippen molar-refractivity contribution in [2.24, 2.45) is 0 Å². The number of para-hydroxylation sites is 3. The van der Waals surface area contributed by atoms with Gasteiger partial charge in [0.05, 0.1) is 0 Å². The number of rotatable bonds is 8. The van der Waals surface area contributed by atoms with E-state index in [0.717, 1.165) is 61.3 Å². The van der Waals surface area contributed by atoms with Crippen LogP contribution in [0.2, 0.25) is 0 Å². The highest BCUT2D eigenvalue weighted by atomic mass is 16.3. The second-order valence-corrected chi connectivity index (χ2v) is 15.3. The van der Waals surface area contributed by atoms with Gasteiger partial charge in [-0.2, -0.15) is 0 Å². The van der Waals surface area contributed by atoms with Crippen molar-refractivity contribution in [3.63, 3.8) is 0 Å². The van der Waals surface area contributed by atoms with Gasteiger partial charge in [-0.15, -0.1) is 0 Å². The largest absolute Gasteiger partial charge is 0.455 e. The number of anilines is 3. The zero-order chi connectivity index (χ0) is 39.8. The molecular weight excluding hydrogens is 727 g/mol. The topological polar surface area (TPSA) is 16.4 Å². The lowest BCUT2D eigenvalue weighted by atomic mass is 9.95. The van der Waals surface area contributed by atoms with Crippen LogP contribution in [0.4, 0.5) is 17.1 Å². The summed E-state index contributed by atoms with van der Waals surface area (Å²) in [6.07, 6.45) is 0. The summed E-state index contributed by atoms with van der Waals surface area (Å²) >= 11 is 0. The van der Waals surface area contributed by atoms with E-state index < -0.39 is 0 Å². The van der Waals surface area contributed by atoms with Crippen LogP contribution in [-0.4, -0.2) is 0 Å². The Balaban J connectivity index is 0.885. The monoisotopic (exact) mass is 765 g/mol. The van der Waals surface area contributed by atoms with Crippen molar-refractivity contribution in [2.45, 2.75) is 0 Å². The lowest BCUT2D eigenvalue weighted by Gasteiger charge is -2.26. The van der Waals surface area contributed by atoms with Gasteiger partial charge in [0.1, 0.15) is 11.2 Å². The molecule has 2 heteroatoms. The van der Waals surface area contributed by atoms with Crippen LogP contribution in [0, 0.1) is 0 Å². The smallest absolute Gasteiger partial charge is 0.143 e. The molecule has 0 unspecified atom stereocenters. The summed E-state index contributed by atoms with van der Waals surface area (Å²) in [5.41, 5.74) is 16.8. The highest BCUT2D eigenvalue weighted by molar-refractivity contribution is 6.14. The van der Waals surface area contributed by atoms with Crippen molar-refractivity contribution in [3.05, 3.63) is 237 Å². The standard InChI is InChI=1S/C58H39NO/c1-3-13-40(14-4-1)42-31-35-49(36-32-42)59(48-19-5-2-6-20-48)50-37-33-43(34-38-50)41-27-29-44(30-28-41)46-17-9-18-47(39-46)52-22-11-25-55-56-26-12-24-54(58(56)60-57(52)55)53-23-10-16-45-15-7-8-21-51(45)53/h1-39H. The first-order valence-electron chi connectivity index (χ1n) is 20.5. The van der Waals surface area contributed by atoms with Crippen molar-refractivity contribution in [1.29, 1.82) is 0 Å². The Hall–Kier alpha value is -7.94. The highest BCUT2D eigenvalue weighted by Gasteiger charge is 2.18. The molecule has 0 saturated heterocycles. The third kappa shape index (κ3) is 6.41. The van der Waals surface area contributed by atoms with Gasteiger partial charge in [0.25, 0.3) is 0 Å². The van der Waals surface area contributed by atoms with Crippen LogP contribution in [0.15, 0.2) is 241 Å². The van der Waals surface area contributed by atoms with E-state index in [0.29, 0.717) is 0 Å². The molecule has 60 heavy (non-hydrogen) atoms. The van der Waals surface area contributed by atoms with Crippen LogP contribution in [0.25, 0.3) is 88.3 Å². The molecule has 0 aliphatic rings. The van der Waals surface area contributed by atoms with E-state index in [4.69, 9.17) is 4.42 Å². The molecule has 10 aromatic carbocycles. The number of benzene rings is 10. The van der Waals surface area contributed by atoms with Gasteiger partial charge in [0, 0.05) is 39.0 Å². The Kier molecular flexibility index (Phi) is 8.87. The SMILES string of the molecule is c1ccc(-c2ccc(N(c3ccccc3)c3ccc(-c4ccc(-c5cccc(-c6cccc7c6oc6c(-c8cccc9ccccc89)cccc67)c5)cc4)cc3)cc2)cc1. The molecule has 0 amide bonds. The average Bonchev–Trinajstić information content (AvgIpc) is 3.72. The fourth-order valence-electron chi connectivity index (χ4n) is 8.70. The maximum Gasteiger partial charge on any atom is 0.143 e. The molecule has 1 aromatic heterocycles. The van der Waals surface area contributed by atoms with Gasteiger partial charge in [-0.25, -0.2) is 0 Å². The van der Waals surface area contributed by atoms with Gasteiger partial charge < -0.3 is 9.32 Å². The predicted octanol–water partition coefficient (Wildman–Crippen LogP) is 16.5. The fraction of sp³-hybridized carbons (Fsp3) is 0. The van der Waals surface area contributed by atoms with Crippen molar-refractivity contribution in [3.8, 4) is 55.6 Å². The van der Waals surface area contributed by atoms with Crippen LogP contribution in [-0.2, 0) is 0 Å². The Morgan fingerprint density at radius 2 is 0.650 bits per heavy atom. The number of furan rings is 1. The van der Waals surface area contributed by atoms with Gasteiger partial charge in [0.15, 0.2) is 0 Å². The van der Waals surface area contributed by atoms with Crippen LogP contribution in [0.3, 0.4) is 0 Å². The Morgan fingerprint density at radius 3 is 1.32 bits per heavy atom. The van der Waals surface area contributed by atoms with Crippen molar-refractivity contribution in [2.75, 3.05) is 4.90 Å². The Labute approximate surface area is 349 Å². The van der Waals surface area contributed by atoms with E-state index >= 15 is 0 Å². The Bertz CT molecular complexity index is 3270. The maximum atomic E-state index is 6.87. The van der Waals surface area contributed by atoms with Gasteiger partial charge in [-0.1, -0.05) is 194 Å². The van der Waals surface area contributed by atoms with Gasteiger partial charge >= 0.3 is 0 Å². The number of fused-ring (bicyclic) bond motifs is 4. The molecule has 0 aliphatic heterocycles.